The van der Waals surface area contributed by atoms with E-state index in [-0.39, 0.29) is 40.1 Å². The summed E-state index contributed by atoms with van der Waals surface area (Å²) in [6, 6.07) is 9.85. The van der Waals surface area contributed by atoms with Crippen LogP contribution in [-0.2, 0) is 38.7 Å². The molecule has 0 spiro atoms. The highest BCUT2D eigenvalue weighted by Gasteiger charge is 2.37. The summed E-state index contributed by atoms with van der Waals surface area (Å²) in [4.78, 5) is 14.3. The summed E-state index contributed by atoms with van der Waals surface area (Å²) < 4.78 is 122. The van der Waals surface area contributed by atoms with Gasteiger partial charge in [-0.15, -0.1) is 5.10 Å². The number of carbonyl (C=O) groups is 1. The van der Waals surface area contributed by atoms with Crippen molar-refractivity contribution < 1.29 is 44.3 Å². The first-order valence-corrected chi connectivity index (χ1v) is 12.0. The van der Waals surface area contributed by atoms with Crippen LogP contribution in [0.3, 0.4) is 0 Å². The number of hydrogen-bond donors (Lipinski definition) is 0. The maximum Gasteiger partial charge on any atom is 0.416 e. The van der Waals surface area contributed by atoms with Gasteiger partial charge in [0.1, 0.15) is 0 Å². The number of tetrazole rings is 1. The number of aryl methyl sites for hydroxylation is 1. The van der Waals surface area contributed by atoms with Crippen molar-refractivity contribution in [3.05, 3.63) is 94.0 Å². The second-order valence-corrected chi connectivity index (χ2v) is 9.32. The second-order valence-electron chi connectivity index (χ2n) is 9.32. The average Bonchev–Trinajstić information content (AvgIpc) is 3.32. The van der Waals surface area contributed by atoms with Crippen LogP contribution in [0, 0.1) is 0 Å². The first-order chi connectivity index (χ1) is 19.4. The maximum absolute atomic E-state index is 13.7. The zero-order valence-electron chi connectivity index (χ0n) is 21.7. The summed E-state index contributed by atoms with van der Waals surface area (Å²) >= 11 is 0. The largest absolute Gasteiger partial charge is 0.416 e. The third-order valence-corrected chi connectivity index (χ3v) is 6.19. The number of benzene rings is 3. The number of aromatic nitrogens is 4. The van der Waals surface area contributed by atoms with Gasteiger partial charge in [0.25, 0.3) is 5.95 Å². The van der Waals surface area contributed by atoms with E-state index in [9.17, 15) is 44.3 Å². The molecule has 6 nitrogen and oxygen atoms in total. The van der Waals surface area contributed by atoms with E-state index >= 15 is 0 Å². The molecule has 0 radical (unpaired) electrons. The number of nitrogens with zero attached hydrogens (tertiary/aromatic N) is 5. The van der Waals surface area contributed by atoms with E-state index in [2.05, 4.69) is 15.4 Å². The van der Waals surface area contributed by atoms with Crippen LogP contribution in [0.5, 0.6) is 0 Å². The van der Waals surface area contributed by atoms with E-state index in [1.807, 2.05) is 0 Å². The van der Waals surface area contributed by atoms with Crippen molar-refractivity contribution in [2.75, 3.05) is 4.90 Å². The van der Waals surface area contributed by atoms with Crippen molar-refractivity contribution >= 4 is 11.7 Å². The third kappa shape index (κ3) is 6.89. The zero-order chi connectivity index (χ0) is 31.0. The molecule has 4 aromatic rings. The lowest BCUT2D eigenvalue weighted by molar-refractivity contribution is -0.143. The average molecular weight is 601 g/mol. The number of ketones is 1. The van der Waals surface area contributed by atoms with Gasteiger partial charge in [0.05, 0.1) is 23.7 Å². The summed E-state index contributed by atoms with van der Waals surface area (Å²) in [6.07, 6.45) is -15.0. The van der Waals surface area contributed by atoms with Gasteiger partial charge in [-0.2, -0.15) is 44.3 Å². The summed E-state index contributed by atoms with van der Waals surface area (Å²) in [5.74, 6) is -0.653. The van der Waals surface area contributed by atoms with Gasteiger partial charge >= 0.3 is 18.5 Å². The van der Waals surface area contributed by atoms with Gasteiger partial charge in [0.2, 0.25) is 0 Å². The molecule has 1 aromatic heterocycles. The molecule has 3 aromatic carbocycles. The Morgan fingerprint density at radius 1 is 0.762 bits per heavy atom. The highest BCUT2D eigenvalue weighted by Crippen LogP contribution is 2.38. The molecule has 0 amide bonds. The van der Waals surface area contributed by atoms with Crippen LogP contribution in [0.2, 0.25) is 0 Å². The molecule has 0 unspecified atom stereocenters. The lowest BCUT2D eigenvalue weighted by Crippen LogP contribution is -2.25. The summed E-state index contributed by atoms with van der Waals surface area (Å²) in [7, 11) is 1.35. The number of alkyl halides is 9. The van der Waals surface area contributed by atoms with Gasteiger partial charge in [0.15, 0.2) is 5.78 Å². The molecule has 0 bridgehead atoms. The molecular formula is C27H20F9N5O. The Hall–Kier alpha value is -4.43. The number of anilines is 1. The van der Waals surface area contributed by atoms with E-state index in [0.717, 1.165) is 27.9 Å². The Kier molecular flexibility index (Phi) is 8.07. The lowest BCUT2D eigenvalue weighted by Gasteiger charge is -2.24. The molecule has 0 aliphatic carbocycles. The Balaban J connectivity index is 1.88. The standard InChI is InChI=1S/C27H20F9N5O/c1-15(42)21-5-3-4-6-23(21)22-8-7-18(25(28,29)30)11-17(22)14-41(24-37-39-40(2)38-24)13-16-9-19(26(31,32)33)12-20(10-16)27(34,35)36/h3-12H,13-14H2,1-2H3. The minimum atomic E-state index is -5.11. The molecule has 0 fully saturated rings. The van der Waals surface area contributed by atoms with E-state index in [4.69, 9.17) is 0 Å². The second kappa shape index (κ2) is 11.1. The number of carbonyl (C=O) groups excluding carboxylic acids is 1. The van der Waals surface area contributed by atoms with Crippen LogP contribution < -0.4 is 4.90 Å². The van der Waals surface area contributed by atoms with Gasteiger partial charge in [-0.1, -0.05) is 35.4 Å². The predicted octanol–water partition coefficient (Wildman–Crippen LogP) is 7.34. The molecule has 0 aliphatic heterocycles. The topological polar surface area (TPSA) is 63.9 Å². The van der Waals surface area contributed by atoms with Gasteiger partial charge in [-0.25, -0.2) is 0 Å². The van der Waals surface area contributed by atoms with Gasteiger partial charge in [0, 0.05) is 18.7 Å². The molecule has 1 heterocycles. The molecule has 222 valence electrons. The Labute approximate surface area is 232 Å². The lowest BCUT2D eigenvalue weighted by atomic mass is 9.92. The van der Waals surface area contributed by atoms with Crippen molar-refractivity contribution in [1.82, 2.24) is 20.2 Å². The highest BCUT2D eigenvalue weighted by atomic mass is 19.4. The minimum Gasteiger partial charge on any atom is -0.330 e. The van der Waals surface area contributed by atoms with Gasteiger partial charge < -0.3 is 4.90 Å². The first kappa shape index (κ1) is 30.5. The van der Waals surface area contributed by atoms with Crippen molar-refractivity contribution in [2.24, 2.45) is 7.05 Å². The quantitative estimate of drug-likeness (QED) is 0.164. The number of hydrogen-bond acceptors (Lipinski definition) is 5. The molecule has 0 atom stereocenters. The van der Waals surface area contributed by atoms with Gasteiger partial charge in [-0.05, 0) is 64.7 Å². The monoisotopic (exact) mass is 601 g/mol. The minimum absolute atomic E-state index is 0.0297. The SMILES string of the molecule is CC(=O)c1ccccc1-c1ccc(C(F)(F)F)cc1CN(Cc1cc(C(F)(F)F)cc(C(F)(F)F)c1)c1nnn(C)n1. The van der Waals surface area contributed by atoms with Crippen molar-refractivity contribution in [2.45, 2.75) is 38.5 Å². The predicted molar refractivity (Wildman–Crippen MR) is 132 cm³/mol. The van der Waals surface area contributed by atoms with E-state index in [1.165, 1.54) is 26.1 Å². The zero-order valence-corrected chi connectivity index (χ0v) is 21.7. The molecule has 4 rings (SSSR count). The Morgan fingerprint density at radius 3 is 1.88 bits per heavy atom. The molecule has 42 heavy (non-hydrogen) atoms. The maximum atomic E-state index is 13.7. The first-order valence-electron chi connectivity index (χ1n) is 12.0. The smallest absolute Gasteiger partial charge is 0.330 e. The third-order valence-electron chi connectivity index (χ3n) is 6.19. The highest BCUT2D eigenvalue weighted by molar-refractivity contribution is 6.01. The molecule has 0 N–H and O–H groups in total. The van der Waals surface area contributed by atoms with E-state index in [1.54, 1.807) is 12.1 Å². The van der Waals surface area contributed by atoms with Gasteiger partial charge in [-0.3, -0.25) is 4.79 Å². The van der Waals surface area contributed by atoms with Crippen LogP contribution in [-0.4, -0.2) is 26.0 Å². The molecular weight excluding hydrogens is 581 g/mol. The van der Waals surface area contributed by atoms with Crippen molar-refractivity contribution in [1.29, 1.82) is 0 Å². The molecule has 0 saturated heterocycles. The molecule has 15 heteroatoms. The van der Waals surface area contributed by atoms with Crippen molar-refractivity contribution in [3.8, 4) is 11.1 Å². The fraction of sp³-hybridized carbons (Fsp3) is 0.259. The Morgan fingerprint density at radius 2 is 1.36 bits per heavy atom. The summed E-state index contributed by atoms with van der Waals surface area (Å²) in [5.41, 5.74) is -4.04. The Bertz CT molecular complexity index is 1570. The molecule has 0 saturated carbocycles. The normalized spacial score (nSPS) is 12.5. The van der Waals surface area contributed by atoms with Crippen LogP contribution in [0.4, 0.5) is 45.5 Å². The molecule has 0 aliphatic rings. The van der Waals surface area contributed by atoms with Crippen molar-refractivity contribution in [3.63, 3.8) is 0 Å². The fourth-order valence-corrected chi connectivity index (χ4v) is 4.32. The van der Waals surface area contributed by atoms with E-state index < -0.39 is 53.9 Å². The van der Waals surface area contributed by atoms with Crippen LogP contribution in [0.15, 0.2) is 60.7 Å². The number of Topliss-reactive ketones (excluding diaryl/α,β-unsaturated/α-hetero) is 1. The summed E-state index contributed by atoms with van der Waals surface area (Å²) in [6.45, 7) is 0.0990. The van der Waals surface area contributed by atoms with Crippen LogP contribution in [0.1, 0.15) is 45.1 Å². The number of halogens is 9. The van der Waals surface area contributed by atoms with Crippen LogP contribution in [0.25, 0.3) is 11.1 Å². The number of rotatable bonds is 7. The fourth-order valence-electron chi connectivity index (χ4n) is 4.32. The van der Waals surface area contributed by atoms with E-state index in [0.29, 0.717) is 12.1 Å². The summed E-state index contributed by atoms with van der Waals surface area (Å²) in [5, 5.41) is 11.4. The van der Waals surface area contributed by atoms with Crippen LogP contribution >= 0.6 is 0 Å².